The lowest BCUT2D eigenvalue weighted by molar-refractivity contribution is 0.355. The molecule has 0 aliphatic rings. The fraction of sp³-hybridized carbons (Fsp3) is 0.400. The number of methoxy groups -OCH3 is 2. The number of unbranched alkanes of at least 4 members (excludes halogenated alkanes) is 2. The number of terminal acetylenes is 1. The predicted molar refractivity (Wildman–Crippen MR) is 82.3 cm³/mol. The van der Waals surface area contributed by atoms with Gasteiger partial charge in [-0.1, -0.05) is 0 Å². The number of ether oxygens (including phenoxy) is 2. The second kappa shape index (κ2) is 8.70. The monoisotopic (exact) mass is 275 g/mol. The summed E-state index contributed by atoms with van der Waals surface area (Å²) >= 11 is 0. The molecule has 0 aliphatic carbocycles. The number of rotatable bonds is 7. The Balaban J connectivity index is 2.55. The van der Waals surface area contributed by atoms with Crippen molar-refractivity contribution in [2.75, 3.05) is 26.1 Å². The lowest BCUT2D eigenvalue weighted by atomic mass is 10.2. The molecule has 0 spiro atoms. The third-order valence-electron chi connectivity index (χ3n) is 2.67. The number of benzene rings is 1. The Morgan fingerprint density at radius 3 is 2.70 bits per heavy atom. The lowest BCUT2D eigenvalue weighted by Crippen LogP contribution is -2.22. The molecular weight excluding hydrogens is 254 g/mol. The molecule has 1 rings (SSSR count). The number of nitrogens with zero attached hydrogens (tertiary/aromatic N) is 1. The number of guanidine groups is 1. The highest BCUT2D eigenvalue weighted by Crippen LogP contribution is 2.29. The smallest absolute Gasteiger partial charge is 0.193 e. The molecule has 1 aromatic rings. The topological polar surface area (TPSA) is 68.9 Å². The second-order valence-corrected chi connectivity index (χ2v) is 4.12. The van der Waals surface area contributed by atoms with E-state index in [1.165, 1.54) is 0 Å². The molecule has 0 unspecified atom stereocenters. The maximum Gasteiger partial charge on any atom is 0.193 e. The van der Waals surface area contributed by atoms with Crippen molar-refractivity contribution in [2.24, 2.45) is 10.7 Å². The second-order valence-electron chi connectivity index (χ2n) is 4.12. The van der Waals surface area contributed by atoms with Crippen molar-refractivity contribution in [1.82, 2.24) is 0 Å². The normalized spacial score (nSPS) is 10.8. The number of nitrogens with one attached hydrogen (secondary N) is 1. The minimum atomic E-state index is 0.373. The Morgan fingerprint density at radius 2 is 2.05 bits per heavy atom. The summed E-state index contributed by atoms with van der Waals surface area (Å²) in [6.07, 6.45) is 7.85. The number of hydrogen-bond acceptors (Lipinski definition) is 3. The average molecular weight is 275 g/mol. The molecule has 1 aromatic carbocycles. The Bertz CT molecular complexity index is 492. The zero-order valence-corrected chi connectivity index (χ0v) is 12.0. The van der Waals surface area contributed by atoms with E-state index in [0.717, 1.165) is 24.9 Å². The van der Waals surface area contributed by atoms with E-state index in [-0.39, 0.29) is 0 Å². The fourth-order valence-electron chi connectivity index (χ4n) is 1.64. The summed E-state index contributed by atoms with van der Waals surface area (Å²) in [6.45, 7) is 0.661. The Morgan fingerprint density at radius 1 is 1.30 bits per heavy atom. The summed E-state index contributed by atoms with van der Waals surface area (Å²) in [7, 11) is 3.18. The van der Waals surface area contributed by atoms with Gasteiger partial charge in [0.25, 0.3) is 0 Å². The van der Waals surface area contributed by atoms with E-state index in [9.17, 15) is 0 Å². The minimum Gasteiger partial charge on any atom is -0.493 e. The van der Waals surface area contributed by atoms with Gasteiger partial charge in [0.1, 0.15) is 0 Å². The van der Waals surface area contributed by atoms with Crippen LogP contribution in [0, 0.1) is 12.3 Å². The summed E-state index contributed by atoms with van der Waals surface area (Å²) in [4.78, 5) is 4.23. The SMILES string of the molecule is C#CCCCCN=C(N)Nc1ccc(OC)c(OC)c1. The zero-order chi connectivity index (χ0) is 14.8. The third-order valence-corrected chi connectivity index (χ3v) is 2.67. The van der Waals surface area contributed by atoms with Crippen LogP contribution in [-0.4, -0.2) is 26.7 Å². The van der Waals surface area contributed by atoms with E-state index in [2.05, 4.69) is 16.2 Å². The molecule has 5 heteroatoms. The first kappa shape index (κ1) is 15.7. The van der Waals surface area contributed by atoms with Crippen LogP contribution in [0.15, 0.2) is 23.2 Å². The Hall–Kier alpha value is -2.35. The number of aliphatic imine (C=N–C) groups is 1. The molecule has 0 aromatic heterocycles. The van der Waals surface area contributed by atoms with Crippen molar-refractivity contribution in [2.45, 2.75) is 19.3 Å². The van der Waals surface area contributed by atoms with Crippen LogP contribution >= 0.6 is 0 Å². The van der Waals surface area contributed by atoms with E-state index in [1.807, 2.05) is 6.07 Å². The molecule has 0 radical (unpaired) electrons. The standard InChI is InChI=1S/C15H21N3O2/c1-4-5-6-7-10-17-15(16)18-12-8-9-13(19-2)14(11-12)20-3/h1,8-9,11H,5-7,10H2,2-3H3,(H3,16,17,18). The van der Waals surface area contributed by atoms with Crippen LogP contribution in [-0.2, 0) is 0 Å². The van der Waals surface area contributed by atoms with Crippen molar-refractivity contribution in [3.8, 4) is 23.8 Å². The average Bonchev–Trinajstić information content (AvgIpc) is 2.46. The summed E-state index contributed by atoms with van der Waals surface area (Å²) in [6, 6.07) is 5.46. The van der Waals surface area contributed by atoms with Crippen LogP contribution in [0.1, 0.15) is 19.3 Å². The highest BCUT2D eigenvalue weighted by molar-refractivity contribution is 5.92. The van der Waals surface area contributed by atoms with Crippen LogP contribution in [0.2, 0.25) is 0 Å². The zero-order valence-electron chi connectivity index (χ0n) is 12.0. The maximum atomic E-state index is 5.81. The largest absolute Gasteiger partial charge is 0.493 e. The van der Waals surface area contributed by atoms with Gasteiger partial charge in [0.05, 0.1) is 14.2 Å². The minimum absolute atomic E-state index is 0.373. The van der Waals surface area contributed by atoms with Crippen molar-refractivity contribution in [1.29, 1.82) is 0 Å². The van der Waals surface area contributed by atoms with Crippen LogP contribution in [0.3, 0.4) is 0 Å². The highest BCUT2D eigenvalue weighted by atomic mass is 16.5. The molecule has 0 bridgehead atoms. The first-order valence-electron chi connectivity index (χ1n) is 6.43. The van der Waals surface area contributed by atoms with Gasteiger partial charge >= 0.3 is 0 Å². The van der Waals surface area contributed by atoms with Crippen LogP contribution in [0.5, 0.6) is 11.5 Å². The summed E-state index contributed by atoms with van der Waals surface area (Å²) in [5.74, 6) is 4.28. The van der Waals surface area contributed by atoms with Gasteiger partial charge in [-0.05, 0) is 25.0 Å². The van der Waals surface area contributed by atoms with E-state index in [1.54, 1.807) is 26.4 Å². The van der Waals surface area contributed by atoms with Gasteiger partial charge in [-0.2, -0.15) is 0 Å². The molecule has 20 heavy (non-hydrogen) atoms. The molecule has 5 nitrogen and oxygen atoms in total. The van der Waals surface area contributed by atoms with Gasteiger partial charge in [0.15, 0.2) is 17.5 Å². The predicted octanol–water partition coefficient (Wildman–Crippen LogP) is 2.23. The maximum absolute atomic E-state index is 5.81. The number of nitrogens with two attached hydrogens (primary N) is 1. The first-order valence-corrected chi connectivity index (χ1v) is 6.43. The quantitative estimate of drug-likeness (QED) is 0.346. The van der Waals surface area contributed by atoms with Gasteiger partial charge in [0.2, 0.25) is 0 Å². The molecule has 0 atom stereocenters. The first-order chi connectivity index (χ1) is 9.71. The molecule has 0 saturated heterocycles. The van der Waals surface area contributed by atoms with E-state index in [0.29, 0.717) is 24.0 Å². The van der Waals surface area contributed by atoms with Gasteiger partial charge in [0, 0.05) is 24.7 Å². The lowest BCUT2D eigenvalue weighted by Gasteiger charge is -2.10. The van der Waals surface area contributed by atoms with E-state index >= 15 is 0 Å². The molecule has 0 heterocycles. The van der Waals surface area contributed by atoms with Gasteiger partial charge in [-0.15, -0.1) is 12.3 Å². The van der Waals surface area contributed by atoms with E-state index < -0.39 is 0 Å². The van der Waals surface area contributed by atoms with Crippen LogP contribution < -0.4 is 20.5 Å². The van der Waals surface area contributed by atoms with Gasteiger partial charge in [-0.25, -0.2) is 0 Å². The molecule has 108 valence electrons. The molecule has 0 amide bonds. The summed E-state index contributed by atoms with van der Waals surface area (Å²) in [5, 5.41) is 3.01. The van der Waals surface area contributed by atoms with Gasteiger partial charge < -0.3 is 20.5 Å². The molecule has 0 saturated carbocycles. The van der Waals surface area contributed by atoms with Crippen molar-refractivity contribution >= 4 is 11.6 Å². The van der Waals surface area contributed by atoms with Crippen LogP contribution in [0.4, 0.5) is 5.69 Å². The van der Waals surface area contributed by atoms with Crippen molar-refractivity contribution < 1.29 is 9.47 Å². The van der Waals surface area contributed by atoms with Crippen molar-refractivity contribution in [3.05, 3.63) is 18.2 Å². The van der Waals surface area contributed by atoms with E-state index in [4.69, 9.17) is 21.6 Å². The van der Waals surface area contributed by atoms with Crippen molar-refractivity contribution in [3.63, 3.8) is 0 Å². The summed E-state index contributed by atoms with van der Waals surface area (Å²) in [5.41, 5.74) is 6.61. The molecule has 0 aliphatic heterocycles. The molecule has 0 fully saturated rings. The fourth-order valence-corrected chi connectivity index (χ4v) is 1.64. The number of hydrogen-bond donors (Lipinski definition) is 2. The highest BCUT2D eigenvalue weighted by Gasteiger charge is 2.04. The summed E-state index contributed by atoms with van der Waals surface area (Å²) < 4.78 is 10.4. The Kier molecular flexibility index (Phi) is 6.83. The van der Waals surface area contributed by atoms with Crippen LogP contribution in [0.25, 0.3) is 0 Å². The Labute approximate surface area is 120 Å². The molecule has 3 N–H and O–H groups in total. The molecular formula is C15H21N3O2. The third kappa shape index (κ3) is 5.11. The number of anilines is 1. The van der Waals surface area contributed by atoms with Gasteiger partial charge in [-0.3, -0.25) is 4.99 Å².